The molecule has 0 bridgehead atoms. The van der Waals surface area contributed by atoms with Crippen molar-refractivity contribution in [2.75, 3.05) is 40.4 Å². The Morgan fingerprint density at radius 2 is 2.00 bits per heavy atom. The van der Waals surface area contributed by atoms with Crippen LogP contribution in [0, 0.1) is 0 Å². The molecule has 1 aliphatic heterocycles. The third kappa shape index (κ3) is 4.29. The van der Waals surface area contributed by atoms with Gasteiger partial charge < -0.3 is 14.8 Å². The molecular weight excluding hydrogens is 320 g/mol. The van der Waals surface area contributed by atoms with Crippen molar-refractivity contribution in [2.45, 2.75) is 19.4 Å². The van der Waals surface area contributed by atoms with Crippen molar-refractivity contribution in [1.29, 1.82) is 0 Å². The molecule has 2 aromatic rings. The first-order valence-electron chi connectivity index (χ1n) is 8.49. The SMILES string of the molecule is COc1ccc(CCNCCN2CCc3sccc3C2)cc1OC. The number of benzene rings is 1. The van der Waals surface area contributed by atoms with Gasteiger partial charge in [-0.05, 0) is 54.1 Å². The molecule has 1 aromatic carbocycles. The first-order valence-corrected chi connectivity index (χ1v) is 9.37. The summed E-state index contributed by atoms with van der Waals surface area (Å²) >= 11 is 1.90. The number of thiophene rings is 1. The van der Waals surface area contributed by atoms with E-state index in [2.05, 4.69) is 33.8 Å². The summed E-state index contributed by atoms with van der Waals surface area (Å²) in [5.41, 5.74) is 2.79. The summed E-state index contributed by atoms with van der Waals surface area (Å²) in [6.07, 6.45) is 2.20. The van der Waals surface area contributed by atoms with Gasteiger partial charge in [-0.1, -0.05) is 6.07 Å². The Balaban J connectivity index is 1.37. The van der Waals surface area contributed by atoms with E-state index in [0.717, 1.165) is 44.1 Å². The molecule has 24 heavy (non-hydrogen) atoms. The van der Waals surface area contributed by atoms with Crippen molar-refractivity contribution in [2.24, 2.45) is 0 Å². The lowest BCUT2D eigenvalue weighted by atomic mass is 10.1. The van der Waals surface area contributed by atoms with E-state index in [1.807, 2.05) is 17.4 Å². The normalized spacial score (nSPS) is 14.4. The van der Waals surface area contributed by atoms with Crippen LogP contribution in [0.2, 0.25) is 0 Å². The van der Waals surface area contributed by atoms with Gasteiger partial charge in [0.15, 0.2) is 11.5 Å². The van der Waals surface area contributed by atoms with E-state index in [4.69, 9.17) is 9.47 Å². The van der Waals surface area contributed by atoms with Gasteiger partial charge in [-0.2, -0.15) is 0 Å². The number of fused-ring (bicyclic) bond motifs is 1. The topological polar surface area (TPSA) is 33.7 Å². The van der Waals surface area contributed by atoms with Gasteiger partial charge in [0.05, 0.1) is 14.2 Å². The number of nitrogens with zero attached hydrogens (tertiary/aromatic N) is 1. The van der Waals surface area contributed by atoms with Gasteiger partial charge in [-0.15, -0.1) is 11.3 Å². The Hall–Kier alpha value is -1.56. The van der Waals surface area contributed by atoms with Crippen LogP contribution >= 0.6 is 11.3 Å². The summed E-state index contributed by atoms with van der Waals surface area (Å²) in [4.78, 5) is 4.12. The van der Waals surface area contributed by atoms with Crippen molar-refractivity contribution in [3.8, 4) is 11.5 Å². The number of rotatable bonds is 8. The third-order valence-electron chi connectivity index (χ3n) is 4.53. The van der Waals surface area contributed by atoms with E-state index >= 15 is 0 Å². The maximum absolute atomic E-state index is 5.35. The predicted molar refractivity (Wildman–Crippen MR) is 99.4 cm³/mol. The lowest BCUT2D eigenvalue weighted by Crippen LogP contribution is -2.36. The minimum atomic E-state index is 0.784. The highest BCUT2D eigenvalue weighted by atomic mass is 32.1. The number of nitrogens with one attached hydrogen (secondary N) is 1. The molecule has 1 aromatic heterocycles. The summed E-state index contributed by atoms with van der Waals surface area (Å²) in [5, 5.41) is 5.77. The maximum atomic E-state index is 5.35. The van der Waals surface area contributed by atoms with Crippen LogP contribution < -0.4 is 14.8 Å². The lowest BCUT2D eigenvalue weighted by Gasteiger charge is -2.26. The molecule has 130 valence electrons. The minimum absolute atomic E-state index is 0.784. The van der Waals surface area contributed by atoms with E-state index in [1.165, 1.54) is 24.1 Å². The second-order valence-corrected chi connectivity index (χ2v) is 7.09. The predicted octanol–water partition coefficient (Wildman–Crippen LogP) is 2.96. The van der Waals surface area contributed by atoms with Crippen molar-refractivity contribution in [3.63, 3.8) is 0 Å². The molecule has 1 N–H and O–H groups in total. The lowest BCUT2D eigenvalue weighted by molar-refractivity contribution is 0.256. The molecule has 0 saturated heterocycles. The van der Waals surface area contributed by atoms with Gasteiger partial charge in [0.1, 0.15) is 0 Å². The second-order valence-electron chi connectivity index (χ2n) is 6.08. The van der Waals surface area contributed by atoms with Crippen LogP contribution in [0.4, 0.5) is 0 Å². The average Bonchev–Trinajstić information content (AvgIpc) is 3.09. The number of hydrogen-bond donors (Lipinski definition) is 1. The van der Waals surface area contributed by atoms with E-state index < -0.39 is 0 Å². The van der Waals surface area contributed by atoms with Crippen LogP contribution in [-0.4, -0.2) is 45.3 Å². The zero-order valence-corrected chi connectivity index (χ0v) is 15.3. The Morgan fingerprint density at radius 1 is 1.12 bits per heavy atom. The molecule has 0 fully saturated rings. The summed E-state index contributed by atoms with van der Waals surface area (Å²) in [7, 11) is 3.34. The van der Waals surface area contributed by atoms with E-state index in [1.54, 1.807) is 19.1 Å². The highest BCUT2D eigenvalue weighted by molar-refractivity contribution is 7.10. The van der Waals surface area contributed by atoms with Crippen LogP contribution in [0.1, 0.15) is 16.0 Å². The molecular formula is C19H26N2O2S. The van der Waals surface area contributed by atoms with Crippen LogP contribution in [0.25, 0.3) is 0 Å². The van der Waals surface area contributed by atoms with E-state index in [0.29, 0.717) is 0 Å². The van der Waals surface area contributed by atoms with Crippen LogP contribution in [-0.2, 0) is 19.4 Å². The van der Waals surface area contributed by atoms with Gasteiger partial charge in [0.25, 0.3) is 0 Å². The minimum Gasteiger partial charge on any atom is -0.493 e. The highest BCUT2D eigenvalue weighted by Gasteiger charge is 2.16. The fourth-order valence-electron chi connectivity index (χ4n) is 3.13. The first-order chi connectivity index (χ1) is 11.8. The van der Waals surface area contributed by atoms with E-state index in [9.17, 15) is 0 Å². The number of ether oxygens (including phenoxy) is 2. The van der Waals surface area contributed by atoms with Crippen LogP contribution in [0.5, 0.6) is 11.5 Å². The fourth-order valence-corrected chi connectivity index (χ4v) is 4.02. The summed E-state index contributed by atoms with van der Waals surface area (Å²) in [5.74, 6) is 1.59. The van der Waals surface area contributed by atoms with Gasteiger partial charge in [-0.25, -0.2) is 0 Å². The van der Waals surface area contributed by atoms with Crippen LogP contribution in [0.3, 0.4) is 0 Å². The van der Waals surface area contributed by atoms with Gasteiger partial charge >= 0.3 is 0 Å². The quantitative estimate of drug-likeness (QED) is 0.745. The molecule has 3 rings (SSSR count). The zero-order chi connectivity index (χ0) is 16.8. The molecule has 4 nitrogen and oxygen atoms in total. The van der Waals surface area contributed by atoms with Crippen molar-refractivity contribution in [3.05, 3.63) is 45.6 Å². The Labute approximate surface area is 148 Å². The highest BCUT2D eigenvalue weighted by Crippen LogP contribution is 2.27. The fraction of sp³-hybridized carbons (Fsp3) is 0.474. The van der Waals surface area contributed by atoms with E-state index in [-0.39, 0.29) is 0 Å². The molecule has 0 radical (unpaired) electrons. The van der Waals surface area contributed by atoms with Gasteiger partial charge in [0, 0.05) is 31.1 Å². The summed E-state index contributed by atoms with van der Waals surface area (Å²) in [6.45, 7) is 5.42. The second kappa shape index (κ2) is 8.51. The molecule has 0 aliphatic carbocycles. The number of methoxy groups -OCH3 is 2. The molecule has 1 aliphatic rings. The van der Waals surface area contributed by atoms with Crippen molar-refractivity contribution in [1.82, 2.24) is 10.2 Å². The maximum Gasteiger partial charge on any atom is 0.160 e. The molecule has 0 amide bonds. The van der Waals surface area contributed by atoms with Gasteiger partial charge in [-0.3, -0.25) is 4.90 Å². The first kappa shape index (κ1) is 17.3. The molecule has 0 atom stereocenters. The molecule has 0 saturated carbocycles. The zero-order valence-electron chi connectivity index (χ0n) is 14.5. The molecule has 0 unspecified atom stereocenters. The third-order valence-corrected chi connectivity index (χ3v) is 5.55. The van der Waals surface area contributed by atoms with Crippen molar-refractivity contribution < 1.29 is 9.47 Å². The standard InChI is InChI=1S/C19H26N2O2S/c1-22-17-4-3-15(13-18(17)23-2)5-8-20-9-11-21-10-6-19-16(14-21)7-12-24-19/h3-4,7,12-13,20H,5-6,8-11,14H2,1-2H3. The molecule has 5 heteroatoms. The van der Waals surface area contributed by atoms with Gasteiger partial charge in [0.2, 0.25) is 0 Å². The Kier molecular flexibility index (Phi) is 6.12. The largest absolute Gasteiger partial charge is 0.493 e. The molecule has 0 spiro atoms. The van der Waals surface area contributed by atoms with Crippen LogP contribution in [0.15, 0.2) is 29.6 Å². The number of hydrogen-bond acceptors (Lipinski definition) is 5. The summed E-state index contributed by atoms with van der Waals surface area (Å²) < 4.78 is 10.6. The van der Waals surface area contributed by atoms with Crippen molar-refractivity contribution >= 4 is 11.3 Å². The molecule has 2 heterocycles. The Bertz CT molecular complexity index is 657. The average molecular weight is 346 g/mol. The monoisotopic (exact) mass is 346 g/mol. The summed E-state index contributed by atoms with van der Waals surface area (Å²) in [6, 6.07) is 8.41. The Morgan fingerprint density at radius 3 is 2.83 bits per heavy atom. The smallest absolute Gasteiger partial charge is 0.160 e.